The number of carbonyl (C=O) groups excluding carboxylic acids is 1. The second kappa shape index (κ2) is 8.88. The second-order valence-corrected chi connectivity index (χ2v) is 7.54. The molecule has 0 aliphatic carbocycles. The molecule has 0 bridgehead atoms. The van der Waals surface area contributed by atoms with Crippen LogP contribution in [0, 0.1) is 28.6 Å². The minimum atomic E-state index is -4.89. The van der Waals surface area contributed by atoms with E-state index in [1.165, 1.54) is 12.3 Å². The van der Waals surface area contributed by atoms with Crippen LogP contribution in [0.15, 0.2) is 41.0 Å². The summed E-state index contributed by atoms with van der Waals surface area (Å²) in [7, 11) is 0. The Morgan fingerprint density at radius 2 is 2.03 bits per heavy atom. The molecule has 2 rings (SSSR count). The molecule has 0 saturated heterocycles. The Kier molecular flexibility index (Phi) is 6.89. The van der Waals surface area contributed by atoms with Gasteiger partial charge in [0.1, 0.15) is 0 Å². The number of benzene rings is 1. The molecule has 0 aliphatic rings. The van der Waals surface area contributed by atoms with Crippen molar-refractivity contribution in [3.05, 3.63) is 58.1 Å². The number of carbonyl (C=O) groups is 1. The standard InChI is InChI=1S/C19H14BrF4N5O2/c1-11(6-25)8-29(13-4-3-12(7-26)14(5-13)19(22,23)24)17(30)18(2,31)10-28-9-15(20)16(21)27-28/h3-5,9,31H,1,8,10H2,2H3/t18-/m0/s1. The van der Waals surface area contributed by atoms with Crippen molar-refractivity contribution in [2.24, 2.45) is 0 Å². The smallest absolute Gasteiger partial charge is 0.378 e. The Morgan fingerprint density at radius 3 is 2.52 bits per heavy atom. The Hall–Kier alpha value is -3.22. The topological polar surface area (TPSA) is 106 Å². The third-order valence-electron chi connectivity index (χ3n) is 4.10. The molecule has 1 heterocycles. The zero-order valence-electron chi connectivity index (χ0n) is 15.9. The first-order valence-corrected chi connectivity index (χ1v) is 9.21. The zero-order valence-corrected chi connectivity index (χ0v) is 17.5. The van der Waals surface area contributed by atoms with Gasteiger partial charge in [0.2, 0.25) is 5.95 Å². The van der Waals surface area contributed by atoms with E-state index in [1.54, 1.807) is 6.07 Å². The molecule has 2 aromatic rings. The van der Waals surface area contributed by atoms with Crippen molar-refractivity contribution in [1.29, 1.82) is 10.5 Å². The first-order valence-electron chi connectivity index (χ1n) is 8.42. The van der Waals surface area contributed by atoms with Gasteiger partial charge in [0.05, 0.1) is 40.8 Å². The Morgan fingerprint density at radius 1 is 1.39 bits per heavy atom. The highest BCUT2D eigenvalue weighted by atomic mass is 79.9. The molecule has 12 heteroatoms. The molecule has 0 saturated carbocycles. The van der Waals surface area contributed by atoms with Gasteiger partial charge in [0.25, 0.3) is 5.91 Å². The lowest BCUT2D eigenvalue weighted by molar-refractivity contribution is -0.138. The van der Waals surface area contributed by atoms with Gasteiger partial charge >= 0.3 is 6.18 Å². The van der Waals surface area contributed by atoms with Gasteiger partial charge in [0.15, 0.2) is 5.60 Å². The van der Waals surface area contributed by atoms with E-state index in [0.717, 1.165) is 28.6 Å². The lowest BCUT2D eigenvalue weighted by atomic mass is 10.0. The molecule has 162 valence electrons. The molecule has 0 spiro atoms. The van der Waals surface area contributed by atoms with Crippen molar-refractivity contribution in [3.8, 4) is 12.1 Å². The molecule has 0 fully saturated rings. The average molecular weight is 500 g/mol. The third-order valence-corrected chi connectivity index (χ3v) is 4.63. The highest BCUT2D eigenvalue weighted by molar-refractivity contribution is 9.10. The number of aliphatic hydroxyl groups is 1. The van der Waals surface area contributed by atoms with Crippen molar-refractivity contribution in [3.63, 3.8) is 0 Å². The third kappa shape index (κ3) is 5.48. The predicted octanol–water partition coefficient (Wildman–Crippen LogP) is 3.54. The number of hydrogen-bond donors (Lipinski definition) is 1. The summed E-state index contributed by atoms with van der Waals surface area (Å²) in [6.07, 6.45) is -3.72. The summed E-state index contributed by atoms with van der Waals surface area (Å²) in [5, 5.41) is 32.1. The average Bonchev–Trinajstić information content (AvgIpc) is 3.00. The maximum atomic E-state index is 13.4. The number of rotatable bonds is 6. The Bertz CT molecular complexity index is 1090. The van der Waals surface area contributed by atoms with E-state index < -0.39 is 47.8 Å². The number of halogens is 5. The number of hydrogen-bond acceptors (Lipinski definition) is 5. The van der Waals surface area contributed by atoms with Crippen molar-refractivity contribution in [2.45, 2.75) is 25.2 Å². The maximum absolute atomic E-state index is 13.4. The van der Waals surface area contributed by atoms with E-state index in [-0.39, 0.29) is 15.7 Å². The molecule has 1 aromatic carbocycles. The summed E-state index contributed by atoms with van der Waals surface area (Å²) in [6, 6.07) is 5.64. The van der Waals surface area contributed by atoms with Crippen LogP contribution in [-0.4, -0.2) is 32.9 Å². The Labute approximate surface area is 182 Å². The monoisotopic (exact) mass is 499 g/mol. The second-order valence-electron chi connectivity index (χ2n) is 6.69. The fourth-order valence-corrected chi connectivity index (χ4v) is 2.98. The van der Waals surface area contributed by atoms with Gasteiger partial charge in [-0.1, -0.05) is 6.58 Å². The van der Waals surface area contributed by atoms with E-state index in [0.29, 0.717) is 6.07 Å². The summed E-state index contributed by atoms with van der Waals surface area (Å²) < 4.78 is 54.4. The predicted molar refractivity (Wildman–Crippen MR) is 104 cm³/mol. The molecule has 1 aromatic heterocycles. The molecule has 0 unspecified atom stereocenters. The molecule has 7 nitrogen and oxygen atoms in total. The van der Waals surface area contributed by atoms with Crippen LogP contribution in [0.4, 0.5) is 23.2 Å². The van der Waals surface area contributed by atoms with Gasteiger partial charge in [0, 0.05) is 17.5 Å². The van der Waals surface area contributed by atoms with Crippen molar-refractivity contribution in [2.75, 3.05) is 11.4 Å². The van der Waals surface area contributed by atoms with E-state index in [9.17, 15) is 27.5 Å². The highest BCUT2D eigenvalue weighted by Crippen LogP contribution is 2.35. The number of aromatic nitrogens is 2. The molecule has 31 heavy (non-hydrogen) atoms. The summed E-state index contributed by atoms with van der Waals surface area (Å²) in [4.78, 5) is 13.8. The normalized spacial score (nSPS) is 13.1. The fourth-order valence-electron chi connectivity index (χ4n) is 2.67. The van der Waals surface area contributed by atoms with Crippen LogP contribution in [0.2, 0.25) is 0 Å². The lowest BCUT2D eigenvalue weighted by Gasteiger charge is -2.31. The summed E-state index contributed by atoms with van der Waals surface area (Å²) in [5.74, 6) is -1.98. The van der Waals surface area contributed by atoms with Gasteiger partial charge in [-0.05, 0) is 41.1 Å². The quantitative estimate of drug-likeness (QED) is 0.483. The van der Waals surface area contributed by atoms with Crippen LogP contribution in [0.5, 0.6) is 0 Å². The zero-order chi connectivity index (χ0) is 23.6. The Balaban J connectivity index is 2.51. The van der Waals surface area contributed by atoms with E-state index in [1.807, 2.05) is 0 Å². The van der Waals surface area contributed by atoms with Crippen LogP contribution in [0.25, 0.3) is 0 Å². The van der Waals surface area contributed by atoms with Gasteiger partial charge in [-0.25, -0.2) is 0 Å². The molecule has 1 amide bonds. The van der Waals surface area contributed by atoms with Gasteiger partial charge in [-0.2, -0.15) is 28.1 Å². The molecule has 1 N–H and O–H groups in total. The molecule has 1 atom stereocenters. The lowest BCUT2D eigenvalue weighted by Crippen LogP contribution is -2.50. The molecular weight excluding hydrogens is 486 g/mol. The van der Waals surface area contributed by atoms with Crippen LogP contribution < -0.4 is 4.90 Å². The SMILES string of the molecule is C=C(C#N)CN(C(=O)[C@@](C)(O)Cn1cc(Br)c(F)n1)c1ccc(C#N)c(C(F)(F)F)c1. The number of anilines is 1. The summed E-state index contributed by atoms with van der Waals surface area (Å²) >= 11 is 2.89. The van der Waals surface area contributed by atoms with Crippen molar-refractivity contribution >= 4 is 27.5 Å². The molecule has 0 radical (unpaired) electrons. The summed E-state index contributed by atoms with van der Waals surface area (Å²) in [5.41, 5.74) is -4.69. The number of nitriles is 2. The maximum Gasteiger partial charge on any atom is 0.417 e. The van der Waals surface area contributed by atoms with Gasteiger partial charge < -0.3 is 10.0 Å². The number of amides is 1. The van der Waals surface area contributed by atoms with Crippen LogP contribution in [0.3, 0.4) is 0 Å². The van der Waals surface area contributed by atoms with E-state index >= 15 is 0 Å². The number of nitrogens with zero attached hydrogens (tertiary/aromatic N) is 5. The minimum absolute atomic E-state index is 0.0209. The van der Waals surface area contributed by atoms with Gasteiger partial charge in [-0.3, -0.25) is 9.48 Å². The molecular formula is C19H14BrF4N5O2. The van der Waals surface area contributed by atoms with E-state index in [2.05, 4.69) is 27.6 Å². The molecule has 0 aliphatic heterocycles. The minimum Gasteiger partial charge on any atom is -0.378 e. The van der Waals surface area contributed by atoms with Crippen molar-refractivity contribution < 1.29 is 27.5 Å². The first kappa shape index (κ1) is 24.1. The number of alkyl halides is 3. The van der Waals surface area contributed by atoms with Crippen molar-refractivity contribution in [1.82, 2.24) is 9.78 Å². The van der Waals surface area contributed by atoms with E-state index in [4.69, 9.17) is 10.5 Å². The van der Waals surface area contributed by atoms with Gasteiger partial charge in [-0.15, -0.1) is 5.10 Å². The largest absolute Gasteiger partial charge is 0.417 e. The fraction of sp³-hybridized carbons (Fsp3) is 0.263. The summed E-state index contributed by atoms with van der Waals surface area (Å²) in [6.45, 7) is 3.43. The van der Waals surface area contributed by atoms with Crippen LogP contribution in [-0.2, 0) is 17.5 Å². The van der Waals surface area contributed by atoms with Crippen LogP contribution in [0.1, 0.15) is 18.1 Å². The first-order chi connectivity index (χ1) is 14.3. The highest BCUT2D eigenvalue weighted by Gasteiger charge is 2.39. The van der Waals surface area contributed by atoms with Crippen LogP contribution >= 0.6 is 15.9 Å².